The molecule has 0 amide bonds. The van der Waals surface area contributed by atoms with Crippen LogP contribution >= 0.6 is 34.5 Å². The van der Waals surface area contributed by atoms with Crippen molar-refractivity contribution in [2.75, 3.05) is 6.61 Å². The van der Waals surface area contributed by atoms with Gasteiger partial charge < -0.3 is 4.74 Å². The van der Waals surface area contributed by atoms with Crippen molar-refractivity contribution in [3.63, 3.8) is 0 Å². The predicted molar refractivity (Wildman–Crippen MR) is 73.5 cm³/mol. The van der Waals surface area contributed by atoms with E-state index >= 15 is 0 Å². The molecule has 0 bridgehead atoms. The molecule has 6 heteroatoms. The molecule has 0 fully saturated rings. The second-order valence-corrected chi connectivity index (χ2v) is 5.03. The predicted octanol–water partition coefficient (Wildman–Crippen LogP) is 4.29. The molecule has 2 rings (SSSR count). The first-order valence-electron chi connectivity index (χ1n) is 5.20. The maximum Gasteiger partial charge on any atom is 0.357 e. The summed E-state index contributed by atoms with van der Waals surface area (Å²) in [4.78, 5) is 15.7. The lowest BCUT2D eigenvalue weighted by molar-refractivity contribution is 0.0520. The summed E-state index contributed by atoms with van der Waals surface area (Å²) in [5.74, 6) is -0.442. The minimum atomic E-state index is -0.442. The zero-order valence-corrected chi connectivity index (χ0v) is 11.8. The van der Waals surface area contributed by atoms with Gasteiger partial charge in [0.25, 0.3) is 0 Å². The molecule has 0 N–H and O–H groups in total. The van der Waals surface area contributed by atoms with Gasteiger partial charge >= 0.3 is 5.97 Å². The summed E-state index contributed by atoms with van der Waals surface area (Å²) in [7, 11) is 0. The first-order chi connectivity index (χ1) is 8.63. The number of carbonyl (C=O) groups excluding carboxylic acids is 1. The Bertz CT molecular complexity index is 563. The zero-order chi connectivity index (χ0) is 13.1. The topological polar surface area (TPSA) is 39.2 Å². The minimum absolute atomic E-state index is 0.271. The molecule has 0 aliphatic carbocycles. The van der Waals surface area contributed by atoms with Crippen molar-refractivity contribution < 1.29 is 9.53 Å². The quantitative estimate of drug-likeness (QED) is 0.794. The van der Waals surface area contributed by atoms with E-state index in [4.69, 9.17) is 27.9 Å². The Morgan fingerprint density at radius 2 is 2.06 bits per heavy atom. The summed E-state index contributed by atoms with van der Waals surface area (Å²) < 4.78 is 4.88. The van der Waals surface area contributed by atoms with Crippen LogP contribution in [0.1, 0.15) is 17.4 Å². The summed E-state index contributed by atoms with van der Waals surface area (Å²) in [6, 6.07) is 5.22. The van der Waals surface area contributed by atoms with Gasteiger partial charge in [0.05, 0.1) is 16.7 Å². The smallest absolute Gasteiger partial charge is 0.357 e. The summed E-state index contributed by atoms with van der Waals surface area (Å²) in [6.45, 7) is 2.06. The first kappa shape index (κ1) is 13.3. The van der Waals surface area contributed by atoms with Gasteiger partial charge in [0.15, 0.2) is 5.69 Å². The lowest BCUT2D eigenvalue weighted by atomic mass is 10.2. The number of ether oxygens (including phenoxy) is 1. The molecule has 0 unspecified atom stereocenters. The van der Waals surface area contributed by atoms with Gasteiger partial charge in [-0.2, -0.15) is 0 Å². The summed E-state index contributed by atoms with van der Waals surface area (Å²) in [6.07, 6.45) is 0. The van der Waals surface area contributed by atoms with Gasteiger partial charge in [0, 0.05) is 10.9 Å². The number of rotatable bonds is 3. The molecular formula is C12H9Cl2NO2S. The number of nitrogens with zero attached hydrogens (tertiary/aromatic N) is 1. The summed E-state index contributed by atoms with van der Waals surface area (Å²) in [5.41, 5.74) is 0.911. The summed E-state index contributed by atoms with van der Waals surface area (Å²) >= 11 is 13.5. The van der Waals surface area contributed by atoms with Crippen LogP contribution in [0.5, 0.6) is 0 Å². The van der Waals surface area contributed by atoms with Crippen molar-refractivity contribution in [3.8, 4) is 10.6 Å². The third-order valence-corrected chi connectivity index (χ3v) is 3.66. The van der Waals surface area contributed by atoms with Gasteiger partial charge in [0.1, 0.15) is 5.01 Å². The van der Waals surface area contributed by atoms with Crippen LogP contribution in [-0.2, 0) is 4.74 Å². The van der Waals surface area contributed by atoms with Crippen LogP contribution in [0.15, 0.2) is 23.6 Å². The highest BCUT2D eigenvalue weighted by atomic mass is 35.5. The van der Waals surface area contributed by atoms with Crippen molar-refractivity contribution >= 4 is 40.5 Å². The van der Waals surface area contributed by atoms with E-state index in [9.17, 15) is 4.79 Å². The van der Waals surface area contributed by atoms with Crippen molar-refractivity contribution in [2.45, 2.75) is 6.92 Å². The van der Waals surface area contributed by atoms with Gasteiger partial charge in [-0.25, -0.2) is 9.78 Å². The molecule has 94 valence electrons. The highest BCUT2D eigenvalue weighted by Gasteiger charge is 2.16. The fourth-order valence-electron chi connectivity index (χ4n) is 1.39. The molecule has 2 aromatic rings. The SMILES string of the molecule is CCOC(=O)c1csc(-c2c(Cl)cccc2Cl)n1. The third kappa shape index (κ3) is 2.66. The lowest BCUT2D eigenvalue weighted by Gasteiger charge is -2.02. The van der Waals surface area contributed by atoms with E-state index in [2.05, 4.69) is 4.98 Å². The van der Waals surface area contributed by atoms with Gasteiger partial charge in [-0.3, -0.25) is 0 Å². The van der Waals surface area contributed by atoms with E-state index in [0.717, 1.165) is 0 Å². The van der Waals surface area contributed by atoms with E-state index in [0.29, 0.717) is 27.2 Å². The van der Waals surface area contributed by atoms with Crippen LogP contribution in [0.25, 0.3) is 10.6 Å². The number of benzene rings is 1. The molecule has 0 aliphatic heterocycles. The maximum absolute atomic E-state index is 11.5. The van der Waals surface area contributed by atoms with Crippen LogP contribution in [0.2, 0.25) is 10.0 Å². The number of esters is 1. The molecule has 1 heterocycles. The average Bonchev–Trinajstić information content (AvgIpc) is 2.78. The van der Waals surface area contributed by atoms with E-state index in [1.165, 1.54) is 11.3 Å². The van der Waals surface area contributed by atoms with Crippen LogP contribution < -0.4 is 0 Å². The van der Waals surface area contributed by atoms with Crippen LogP contribution in [0, 0.1) is 0 Å². The maximum atomic E-state index is 11.5. The Labute approximate surface area is 118 Å². The molecule has 3 nitrogen and oxygen atoms in total. The Hall–Kier alpha value is -1.10. The molecule has 18 heavy (non-hydrogen) atoms. The molecule has 0 radical (unpaired) electrons. The molecule has 0 spiro atoms. The van der Waals surface area contributed by atoms with E-state index < -0.39 is 5.97 Å². The van der Waals surface area contributed by atoms with Crippen LogP contribution in [0.4, 0.5) is 0 Å². The van der Waals surface area contributed by atoms with E-state index in [1.807, 2.05) is 0 Å². The lowest BCUT2D eigenvalue weighted by Crippen LogP contribution is -2.04. The number of thiazole rings is 1. The molecular weight excluding hydrogens is 293 g/mol. The number of carbonyl (C=O) groups is 1. The van der Waals surface area contributed by atoms with Crippen molar-refractivity contribution in [3.05, 3.63) is 39.3 Å². The van der Waals surface area contributed by atoms with Gasteiger partial charge in [-0.15, -0.1) is 11.3 Å². The number of aromatic nitrogens is 1. The second-order valence-electron chi connectivity index (χ2n) is 3.36. The minimum Gasteiger partial charge on any atom is -0.461 e. The average molecular weight is 302 g/mol. The molecule has 1 aromatic carbocycles. The third-order valence-electron chi connectivity index (χ3n) is 2.17. The van der Waals surface area contributed by atoms with E-state index in [1.54, 1.807) is 30.5 Å². The molecule has 1 aromatic heterocycles. The zero-order valence-electron chi connectivity index (χ0n) is 9.44. The highest BCUT2D eigenvalue weighted by Crippen LogP contribution is 2.36. The molecule has 0 aliphatic rings. The van der Waals surface area contributed by atoms with Gasteiger partial charge in [-0.1, -0.05) is 29.3 Å². The van der Waals surface area contributed by atoms with Crippen LogP contribution in [0.3, 0.4) is 0 Å². The molecule has 0 saturated heterocycles. The largest absolute Gasteiger partial charge is 0.461 e. The Morgan fingerprint density at radius 3 is 2.67 bits per heavy atom. The van der Waals surface area contributed by atoms with Gasteiger partial charge in [0.2, 0.25) is 0 Å². The molecule has 0 saturated carbocycles. The van der Waals surface area contributed by atoms with Crippen molar-refractivity contribution in [1.82, 2.24) is 4.98 Å². The first-order valence-corrected chi connectivity index (χ1v) is 6.84. The second kappa shape index (κ2) is 5.69. The fraction of sp³-hybridized carbons (Fsp3) is 0.167. The fourth-order valence-corrected chi connectivity index (χ4v) is 2.94. The van der Waals surface area contributed by atoms with Crippen LogP contribution in [-0.4, -0.2) is 17.6 Å². The number of hydrogen-bond acceptors (Lipinski definition) is 4. The number of hydrogen-bond donors (Lipinski definition) is 0. The standard InChI is InChI=1S/C12H9Cl2NO2S/c1-2-17-12(16)9-6-18-11(15-9)10-7(13)4-3-5-8(10)14/h3-6H,2H2,1H3. The monoisotopic (exact) mass is 301 g/mol. The normalized spacial score (nSPS) is 10.4. The summed E-state index contributed by atoms with van der Waals surface area (Å²) in [5, 5.41) is 3.25. The molecule has 0 atom stereocenters. The number of halogens is 2. The highest BCUT2D eigenvalue weighted by molar-refractivity contribution is 7.13. The Balaban J connectivity index is 2.38. The van der Waals surface area contributed by atoms with E-state index in [-0.39, 0.29) is 5.69 Å². The Kier molecular flexibility index (Phi) is 4.22. The van der Waals surface area contributed by atoms with Crippen molar-refractivity contribution in [1.29, 1.82) is 0 Å². The van der Waals surface area contributed by atoms with Gasteiger partial charge in [-0.05, 0) is 19.1 Å². The Morgan fingerprint density at radius 1 is 1.39 bits per heavy atom. The van der Waals surface area contributed by atoms with Crippen molar-refractivity contribution in [2.24, 2.45) is 0 Å².